The van der Waals surface area contributed by atoms with E-state index >= 15 is 0 Å². The fourth-order valence-corrected chi connectivity index (χ4v) is 10.1. The molecule has 0 aromatic carbocycles. The SMILES string of the molecule is CC/C=C\C/C=C\C/C=C\C/C=C\C/C=C\CCCCCCCCCCCCCCCCCCCC(=O)OCC(COC(=O)CCCCCCCCCCCC)OC(=O)CCCCCCCC/C=C\C/C=C\C/C=C\CCCCCCC. The predicted octanol–water partition coefficient (Wildman–Crippen LogP) is 24.4. The van der Waals surface area contributed by atoms with E-state index in [-0.39, 0.29) is 31.1 Å². The largest absolute Gasteiger partial charge is 0.462 e. The Labute approximate surface area is 508 Å². The average molecular weight is 1140 g/mol. The summed E-state index contributed by atoms with van der Waals surface area (Å²) in [6.07, 6.45) is 94.4. The Morgan fingerprint density at radius 3 is 0.744 bits per heavy atom. The van der Waals surface area contributed by atoms with E-state index in [1.54, 1.807) is 0 Å². The second kappa shape index (κ2) is 69.8. The molecule has 0 aromatic rings. The van der Waals surface area contributed by atoms with E-state index in [0.717, 1.165) is 116 Å². The van der Waals surface area contributed by atoms with Crippen molar-refractivity contribution in [3.05, 3.63) is 97.2 Å². The van der Waals surface area contributed by atoms with E-state index in [0.29, 0.717) is 19.3 Å². The van der Waals surface area contributed by atoms with Gasteiger partial charge in [0.1, 0.15) is 13.2 Å². The number of hydrogen-bond acceptors (Lipinski definition) is 6. The molecule has 0 saturated carbocycles. The van der Waals surface area contributed by atoms with E-state index < -0.39 is 6.10 Å². The number of unbranched alkanes of at least 4 members (excludes halogenated alkanes) is 37. The maximum absolute atomic E-state index is 12.9. The predicted molar refractivity (Wildman–Crippen MR) is 357 cm³/mol. The molecular formula is C76H132O6. The van der Waals surface area contributed by atoms with E-state index in [2.05, 4.69) is 118 Å². The van der Waals surface area contributed by atoms with Crippen LogP contribution >= 0.6 is 0 Å². The van der Waals surface area contributed by atoms with Crippen molar-refractivity contribution in [3.63, 3.8) is 0 Å². The van der Waals surface area contributed by atoms with Gasteiger partial charge in [-0.15, -0.1) is 0 Å². The van der Waals surface area contributed by atoms with Crippen LogP contribution in [0.3, 0.4) is 0 Å². The molecule has 0 heterocycles. The number of allylic oxidation sites excluding steroid dienone is 16. The van der Waals surface area contributed by atoms with Crippen LogP contribution in [0, 0.1) is 0 Å². The second-order valence-corrected chi connectivity index (χ2v) is 23.4. The van der Waals surface area contributed by atoms with Crippen LogP contribution in [0.5, 0.6) is 0 Å². The Kier molecular flexibility index (Phi) is 66.7. The zero-order valence-electron chi connectivity index (χ0n) is 54.2. The molecule has 0 aromatic heterocycles. The van der Waals surface area contributed by atoms with Crippen LogP contribution in [0.2, 0.25) is 0 Å². The third-order valence-electron chi connectivity index (χ3n) is 15.3. The van der Waals surface area contributed by atoms with Crippen molar-refractivity contribution in [2.45, 2.75) is 354 Å². The van der Waals surface area contributed by atoms with Gasteiger partial charge in [-0.3, -0.25) is 14.4 Å². The highest BCUT2D eigenvalue weighted by Gasteiger charge is 2.19. The van der Waals surface area contributed by atoms with Gasteiger partial charge in [0.2, 0.25) is 0 Å². The van der Waals surface area contributed by atoms with Gasteiger partial charge in [0, 0.05) is 19.3 Å². The minimum Gasteiger partial charge on any atom is -0.462 e. The molecular weight excluding hydrogens is 1010 g/mol. The monoisotopic (exact) mass is 1140 g/mol. The lowest BCUT2D eigenvalue weighted by atomic mass is 10.0. The summed E-state index contributed by atoms with van der Waals surface area (Å²) in [5.41, 5.74) is 0. The van der Waals surface area contributed by atoms with Crippen molar-refractivity contribution in [2.24, 2.45) is 0 Å². The van der Waals surface area contributed by atoms with Crippen LogP contribution in [-0.4, -0.2) is 37.2 Å². The maximum atomic E-state index is 12.9. The van der Waals surface area contributed by atoms with Crippen molar-refractivity contribution in [3.8, 4) is 0 Å². The van der Waals surface area contributed by atoms with Gasteiger partial charge in [-0.1, -0.05) is 323 Å². The van der Waals surface area contributed by atoms with Gasteiger partial charge in [0.15, 0.2) is 6.10 Å². The first-order chi connectivity index (χ1) is 40.5. The van der Waals surface area contributed by atoms with Crippen molar-refractivity contribution in [2.75, 3.05) is 13.2 Å². The van der Waals surface area contributed by atoms with Gasteiger partial charge in [-0.05, 0) is 103 Å². The van der Waals surface area contributed by atoms with Gasteiger partial charge in [0.25, 0.3) is 0 Å². The van der Waals surface area contributed by atoms with E-state index in [4.69, 9.17) is 14.2 Å². The molecule has 0 bridgehead atoms. The number of ether oxygens (including phenoxy) is 3. The van der Waals surface area contributed by atoms with Crippen molar-refractivity contribution in [1.29, 1.82) is 0 Å². The molecule has 6 nitrogen and oxygen atoms in total. The lowest BCUT2D eigenvalue weighted by molar-refractivity contribution is -0.167. The molecule has 472 valence electrons. The minimum absolute atomic E-state index is 0.0781. The van der Waals surface area contributed by atoms with Crippen LogP contribution in [0.1, 0.15) is 348 Å². The number of esters is 3. The van der Waals surface area contributed by atoms with Crippen LogP contribution in [-0.2, 0) is 28.6 Å². The number of rotatable bonds is 64. The van der Waals surface area contributed by atoms with Crippen LogP contribution in [0.15, 0.2) is 97.2 Å². The maximum Gasteiger partial charge on any atom is 0.306 e. The van der Waals surface area contributed by atoms with Gasteiger partial charge >= 0.3 is 17.9 Å². The standard InChI is InChI=1S/C76H132O6/c1-4-7-10-13-16-19-22-24-26-28-30-32-33-34-35-36-37-38-39-40-41-42-43-45-46-48-50-52-54-57-60-63-66-69-75(78)81-72-73(71-80-74(77)68-65-62-59-56-21-18-15-12-9-6-3)82-76(79)70-67-64-61-58-55-53-51-49-47-44-31-29-27-25-23-20-17-14-11-8-5-2/h7,10,16,19,23-26,29-32,34-35,47,49,73H,4-6,8-9,11-15,17-18,20-22,27-28,33,36-46,48,50-72H2,1-3H3/b10-7-,19-16-,25-23-,26-24-,31-29-,32-30-,35-34-,49-47-. The normalized spacial score (nSPS) is 12.7. The summed E-state index contributed by atoms with van der Waals surface area (Å²) < 4.78 is 16.9. The molecule has 1 atom stereocenters. The lowest BCUT2D eigenvalue weighted by Gasteiger charge is -2.18. The fraction of sp³-hybridized carbons (Fsp3) is 0.750. The van der Waals surface area contributed by atoms with Gasteiger partial charge < -0.3 is 14.2 Å². The van der Waals surface area contributed by atoms with Crippen LogP contribution in [0.25, 0.3) is 0 Å². The topological polar surface area (TPSA) is 78.9 Å². The summed E-state index contributed by atoms with van der Waals surface area (Å²) in [6, 6.07) is 0. The first kappa shape index (κ1) is 78.3. The molecule has 0 aliphatic rings. The molecule has 0 aliphatic heterocycles. The number of carbonyl (C=O) groups excluding carboxylic acids is 3. The highest BCUT2D eigenvalue weighted by Crippen LogP contribution is 2.17. The van der Waals surface area contributed by atoms with E-state index in [9.17, 15) is 14.4 Å². The molecule has 1 unspecified atom stereocenters. The van der Waals surface area contributed by atoms with E-state index in [1.165, 1.54) is 193 Å². The second-order valence-electron chi connectivity index (χ2n) is 23.4. The summed E-state index contributed by atoms with van der Waals surface area (Å²) in [6.45, 7) is 6.53. The Morgan fingerprint density at radius 2 is 0.476 bits per heavy atom. The molecule has 6 heteroatoms. The Morgan fingerprint density at radius 1 is 0.256 bits per heavy atom. The number of hydrogen-bond donors (Lipinski definition) is 0. The molecule has 0 saturated heterocycles. The minimum atomic E-state index is -0.782. The molecule has 0 spiro atoms. The summed E-state index contributed by atoms with van der Waals surface area (Å²) in [5, 5.41) is 0. The lowest BCUT2D eigenvalue weighted by Crippen LogP contribution is -2.30. The van der Waals surface area contributed by atoms with E-state index in [1.807, 2.05) is 0 Å². The van der Waals surface area contributed by atoms with Crippen molar-refractivity contribution < 1.29 is 28.6 Å². The van der Waals surface area contributed by atoms with Gasteiger partial charge in [-0.25, -0.2) is 0 Å². The molecule has 0 rings (SSSR count). The van der Waals surface area contributed by atoms with Gasteiger partial charge in [-0.2, -0.15) is 0 Å². The molecule has 82 heavy (non-hydrogen) atoms. The Balaban J connectivity index is 4.15. The third-order valence-corrected chi connectivity index (χ3v) is 15.3. The summed E-state index contributed by atoms with van der Waals surface area (Å²) in [7, 11) is 0. The molecule has 0 amide bonds. The molecule has 0 aliphatic carbocycles. The van der Waals surface area contributed by atoms with Gasteiger partial charge in [0.05, 0.1) is 0 Å². The summed E-state index contributed by atoms with van der Waals surface area (Å²) in [4.78, 5) is 38.3. The van der Waals surface area contributed by atoms with Crippen molar-refractivity contribution >= 4 is 17.9 Å². The average Bonchev–Trinajstić information content (AvgIpc) is 3.48. The summed E-state index contributed by atoms with van der Waals surface area (Å²) in [5.74, 6) is -0.876. The first-order valence-electron chi connectivity index (χ1n) is 35.2. The fourth-order valence-electron chi connectivity index (χ4n) is 10.1. The molecule has 0 N–H and O–H groups in total. The third kappa shape index (κ3) is 67.1. The quantitative estimate of drug-likeness (QED) is 0.0261. The van der Waals surface area contributed by atoms with Crippen LogP contribution in [0.4, 0.5) is 0 Å². The smallest absolute Gasteiger partial charge is 0.306 e. The number of carbonyl (C=O) groups is 3. The highest BCUT2D eigenvalue weighted by molar-refractivity contribution is 5.71. The van der Waals surface area contributed by atoms with Crippen molar-refractivity contribution in [1.82, 2.24) is 0 Å². The highest BCUT2D eigenvalue weighted by atomic mass is 16.6. The first-order valence-corrected chi connectivity index (χ1v) is 35.2. The molecule has 0 radical (unpaired) electrons. The zero-order valence-corrected chi connectivity index (χ0v) is 54.2. The molecule has 0 fully saturated rings. The summed E-state index contributed by atoms with van der Waals surface area (Å²) >= 11 is 0. The Hall–Kier alpha value is -3.67. The van der Waals surface area contributed by atoms with Crippen LogP contribution < -0.4 is 0 Å². The zero-order chi connectivity index (χ0) is 59.2. The Bertz CT molecular complexity index is 1590.